The van der Waals surface area contributed by atoms with Gasteiger partial charge in [-0.1, -0.05) is 0 Å². The molecule has 14 heavy (non-hydrogen) atoms. The van der Waals surface area contributed by atoms with Gasteiger partial charge in [0.25, 0.3) is 0 Å². The van der Waals surface area contributed by atoms with E-state index >= 15 is 0 Å². The van der Waals surface area contributed by atoms with E-state index < -0.39 is 0 Å². The van der Waals surface area contributed by atoms with Crippen molar-refractivity contribution in [3.05, 3.63) is 24.0 Å². The molecule has 0 bridgehead atoms. The summed E-state index contributed by atoms with van der Waals surface area (Å²) in [5.74, 6) is 1.42. The molecule has 2 rings (SSSR count). The molecule has 0 amide bonds. The van der Waals surface area contributed by atoms with Gasteiger partial charge in [-0.3, -0.25) is 4.98 Å². The number of aromatic nitrogens is 1. The number of hydrogen-bond acceptors (Lipinski definition) is 3. The topological polar surface area (TPSA) is 34.1 Å². The smallest absolute Gasteiger partial charge is 0.137 e. The Kier molecular flexibility index (Phi) is 4.17. The second-order valence-corrected chi connectivity index (χ2v) is 3.31. The highest BCUT2D eigenvalue weighted by Crippen LogP contribution is 2.21. The van der Waals surface area contributed by atoms with Crippen LogP contribution in [0.2, 0.25) is 0 Å². The van der Waals surface area contributed by atoms with Crippen LogP contribution in [0.3, 0.4) is 0 Å². The summed E-state index contributed by atoms with van der Waals surface area (Å²) in [7, 11) is 1.66. The lowest BCUT2D eigenvalue weighted by Gasteiger charge is -2.07. The number of nitrogens with one attached hydrogen (secondary N) is 1. The monoisotopic (exact) mass is 214 g/mol. The zero-order valence-corrected chi connectivity index (χ0v) is 9.01. The first kappa shape index (κ1) is 11.3. The van der Waals surface area contributed by atoms with Crippen LogP contribution in [0.15, 0.2) is 18.3 Å². The van der Waals surface area contributed by atoms with Gasteiger partial charge in [0.15, 0.2) is 0 Å². The molecule has 0 spiro atoms. The maximum absolute atomic E-state index is 5.05. The minimum absolute atomic E-state index is 0. The number of methoxy groups -OCH3 is 1. The van der Waals surface area contributed by atoms with Crippen LogP contribution in [0.5, 0.6) is 5.75 Å². The van der Waals surface area contributed by atoms with Crippen LogP contribution in [0, 0.1) is 0 Å². The van der Waals surface area contributed by atoms with Gasteiger partial charge in [-0.15, -0.1) is 12.4 Å². The summed E-state index contributed by atoms with van der Waals surface area (Å²) in [5.41, 5.74) is 1.17. The van der Waals surface area contributed by atoms with E-state index in [4.69, 9.17) is 4.74 Å². The number of nitrogens with zero attached hydrogens (tertiary/aromatic N) is 1. The Hall–Kier alpha value is -0.800. The molecule has 4 heteroatoms. The van der Waals surface area contributed by atoms with Gasteiger partial charge >= 0.3 is 0 Å². The highest BCUT2D eigenvalue weighted by Gasteiger charge is 2.17. The fraction of sp³-hybridized carbons (Fsp3) is 0.500. The minimum Gasteiger partial charge on any atom is -0.495 e. The number of pyridine rings is 1. The number of rotatable bonds is 2. The zero-order valence-electron chi connectivity index (χ0n) is 8.19. The Morgan fingerprint density at radius 2 is 2.36 bits per heavy atom. The van der Waals surface area contributed by atoms with Gasteiger partial charge in [-0.05, 0) is 25.1 Å². The van der Waals surface area contributed by atoms with Gasteiger partial charge in [0, 0.05) is 18.2 Å². The predicted octanol–water partition coefficient (Wildman–Crippen LogP) is 1.59. The molecule has 1 aromatic rings. The first-order valence-corrected chi connectivity index (χ1v) is 4.61. The first-order valence-electron chi connectivity index (χ1n) is 4.61. The highest BCUT2D eigenvalue weighted by atomic mass is 35.5. The standard InChI is InChI=1S/C10H14N2O.ClH/c1-13-9-2-3-10(12-7-9)8-4-5-11-6-8;/h2-3,7-8,11H,4-6H2,1H3;1H. The molecule has 2 heterocycles. The van der Waals surface area contributed by atoms with E-state index in [9.17, 15) is 0 Å². The highest BCUT2D eigenvalue weighted by molar-refractivity contribution is 5.85. The third-order valence-electron chi connectivity index (χ3n) is 2.47. The lowest BCUT2D eigenvalue weighted by Crippen LogP contribution is -2.08. The lowest BCUT2D eigenvalue weighted by atomic mass is 10.0. The van der Waals surface area contributed by atoms with E-state index in [0.717, 1.165) is 18.8 Å². The zero-order chi connectivity index (χ0) is 9.10. The fourth-order valence-electron chi connectivity index (χ4n) is 1.66. The van der Waals surface area contributed by atoms with Crippen LogP contribution in [-0.2, 0) is 0 Å². The van der Waals surface area contributed by atoms with Crippen molar-refractivity contribution in [3.63, 3.8) is 0 Å². The van der Waals surface area contributed by atoms with Gasteiger partial charge in [0.2, 0.25) is 0 Å². The predicted molar refractivity (Wildman–Crippen MR) is 58.3 cm³/mol. The Balaban J connectivity index is 0.000000980. The van der Waals surface area contributed by atoms with Crippen molar-refractivity contribution in [3.8, 4) is 5.75 Å². The first-order chi connectivity index (χ1) is 6.40. The molecule has 1 aliphatic heterocycles. The molecule has 0 saturated carbocycles. The van der Waals surface area contributed by atoms with Crippen molar-refractivity contribution in [2.75, 3.05) is 20.2 Å². The van der Waals surface area contributed by atoms with Crippen LogP contribution < -0.4 is 10.1 Å². The van der Waals surface area contributed by atoms with Crippen LogP contribution >= 0.6 is 12.4 Å². The molecule has 78 valence electrons. The average molecular weight is 215 g/mol. The minimum atomic E-state index is 0. The molecule has 3 nitrogen and oxygen atoms in total. The van der Waals surface area contributed by atoms with Crippen molar-refractivity contribution < 1.29 is 4.74 Å². The second-order valence-electron chi connectivity index (χ2n) is 3.31. The SMILES string of the molecule is COc1ccc(C2CCNC2)nc1.Cl. The Morgan fingerprint density at radius 1 is 1.50 bits per heavy atom. The van der Waals surface area contributed by atoms with Crippen LogP contribution in [-0.4, -0.2) is 25.2 Å². The van der Waals surface area contributed by atoms with Crippen molar-refractivity contribution in [2.24, 2.45) is 0 Å². The van der Waals surface area contributed by atoms with E-state index in [1.54, 1.807) is 13.3 Å². The second kappa shape index (κ2) is 5.17. The Bertz CT molecular complexity index is 270. The average Bonchev–Trinajstić information content (AvgIpc) is 2.71. The number of halogens is 1. The number of ether oxygens (including phenoxy) is 1. The summed E-state index contributed by atoms with van der Waals surface area (Å²) >= 11 is 0. The van der Waals surface area contributed by atoms with Gasteiger partial charge in [0.1, 0.15) is 5.75 Å². The Labute approximate surface area is 90.3 Å². The van der Waals surface area contributed by atoms with E-state index in [1.807, 2.05) is 6.07 Å². The van der Waals surface area contributed by atoms with Crippen molar-refractivity contribution in [1.82, 2.24) is 10.3 Å². The van der Waals surface area contributed by atoms with Gasteiger partial charge in [0.05, 0.1) is 13.3 Å². The summed E-state index contributed by atoms with van der Waals surface area (Å²) in [6.45, 7) is 2.16. The third-order valence-corrected chi connectivity index (χ3v) is 2.47. The Morgan fingerprint density at radius 3 is 2.86 bits per heavy atom. The molecule has 1 aliphatic rings. The summed E-state index contributed by atoms with van der Waals surface area (Å²) in [5, 5.41) is 3.33. The van der Waals surface area contributed by atoms with Crippen molar-refractivity contribution in [1.29, 1.82) is 0 Å². The molecule has 0 radical (unpaired) electrons. The summed E-state index contributed by atoms with van der Waals surface area (Å²) in [6.07, 6.45) is 2.98. The molecule has 1 atom stereocenters. The molecule has 1 saturated heterocycles. The van der Waals surface area contributed by atoms with E-state index in [-0.39, 0.29) is 12.4 Å². The largest absolute Gasteiger partial charge is 0.495 e. The van der Waals surface area contributed by atoms with Gasteiger partial charge in [-0.25, -0.2) is 0 Å². The molecule has 0 aromatic carbocycles. The maximum Gasteiger partial charge on any atom is 0.137 e. The molecule has 1 N–H and O–H groups in total. The van der Waals surface area contributed by atoms with Crippen molar-refractivity contribution in [2.45, 2.75) is 12.3 Å². The fourth-order valence-corrected chi connectivity index (χ4v) is 1.66. The molecular formula is C10H15ClN2O. The summed E-state index contributed by atoms with van der Waals surface area (Å²) < 4.78 is 5.05. The molecule has 1 aromatic heterocycles. The number of hydrogen-bond donors (Lipinski definition) is 1. The normalized spacial score (nSPS) is 20.2. The van der Waals surface area contributed by atoms with Gasteiger partial charge in [-0.2, -0.15) is 0 Å². The molecule has 1 unspecified atom stereocenters. The molecule has 0 aliphatic carbocycles. The summed E-state index contributed by atoms with van der Waals surface area (Å²) in [6, 6.07) is 4.02. The molecular weight excluding hydrogens is 200 g/mol. The van der Waals surface area contributed by atoms with Crippen LogP contribution in [0.4, 0.5) is 0 Å². The molecule has 1 fully saturated rings. The van der Waals surface area contributed by atoms with E-state index in [2.05, 4.69) is 16.4 Å². The van der Waals surface area contributed by atoms with Gasteiger partial charge < -0.3 is 10.1 Å². The van der Waals surface area contributed by atoms with E-state index in [0.29, 0.717) is 5.92 Å². The van der Waals surface area contributed by atoms with Crippen LogP contribution in [0.1, 0.15) is 18.0 Å². The quantitative estimate of drug-likeness (QED) is 0.812. The van der Waals surface area contributed by atoms with Crippen LogP contribution in [0.25, 0.3) is 0 Å². The lowest BCUT2D eigenvalue weighted by molar-refractivity contribution is 0.412. The van der Waals surface area contributed by atoms with E-state index in [1.165, 1.54) is 12.1 Å². The van der Waals surface area contributed by atoms with Crippen molar-refractivity contribution >= 4 is 12.4 Å². The summed E-state index contributed by atoms with van der Waals surface area (Å²) in [4.78, 5) is 4.37. The maximum atomic E-state index is 5.05. The third kappa shape index (κ3) is 2.36.